The number of nitrogens with zero attached hydrogens (tertiary/aromatic N) is 4. The van der Waals surface area contributed by atoms with Gasteiger partial charge in [0.15, 0.2) is 0 Å². The first-order valence-electron chi connectivity index (χ1n) is 12.4. The zero-order valence-corrected chi connectivity index (χ0v) is 20.5. The fraction of sp³-hybridized carbons (Fsp3) is 0.600. The fourth-order valence-corrected chi connectivity index (χ4v) is 6.67. The number of nitrogens with two attached hydrogens (primary N) is 1. The highest BCUT2D eigenvalue weighted by Crippen LogP contribution is 2.36. The Morgan fingerprint density at radius 1 is 1.06 bits per heavy atom. The summed E-state index contributed by atoms with van der Waals surface area (Å²) < 4.78 is 40.4. The number of aromatic nitrogens is 1. The molecule has 0 spiro atoms. The third-order valence-electron chi connectivity index (χ3n) is 7.75. The summed E-state index contributed by atoms with van der Waals surface area (Å²) in [6.45, 7) is 3.77. The first-order valence-corrected chi connectivity index (χ1v) is 13.5. The number of carbonyl (C=O) groups is 1. The summed E-state index contributed by atoms with van der Waals surface area (Å²) in [6, 6.07) is 8.27. The van der Waals surface area contributed by atoms with E-state index in [9.17, 15) is 18.0 Å². The van der Waals surface area contributed by atoms with Crippen molar-refractivity contribution in [2.75, 3.05) is 49.3 Å². The summed E-state index contributed by atoms with van der Waals surface area (Å²) in [5, 5.41) is 0.754. The van der Waals surface area contributed by atoms with Gasteiger partial charge in [0, 0.05) is 55.6 Å². The van der Waals surface area contributed by atoms with E-state index in [1.165, 1.54) is 6.07 Å². The molecule has 1 amide bonds. The maximum Gasteiger partial charge on any atom is 0.433 e. The number of anilines is 1. The molecule has 0 unspecified atom stereocenters. The van der Waals surface area contributed by atoms with Gasteiger partial charge < -0.3 is 15.5 Å². The Morgan fingerprint density at radius 3 is 2.43 bits per heavy atom. The summed E-state index contributed by atoms with van der Waals surface area (Å²) in [5.74, 6) is 2.07. The van der Waals surface area contributed by atoms with E-state index >= 15 is 0 Å². The highest BCUT2D eigenvalue weighted by molar-refractivity contribution is 7.99. The number of rotatable bonds is 4. The summed E-state index contributed by atoms with van der Waals surface area (Å²) in [6.07, 6.45) is -0.561. The third kappa shape index (κ3) is 5.24. The van der Waals surface area contributed by atoms with E-state index in [0.717, 1.165) is 62.3 Å². The Kier molecular flexibility index (Phi) is 7.14. The number of halogens is 3. The maximum atomic E-state index is 13.5. The number of alkyl halides is 3. The number of piperazine rings is 1. The molecule has 1 saturated carbocycles. The topological polar surface area (TPSA) is 65.7 Å². The molecule has 10 heteroatoms. The lowest BCUT2D eigenvalue weighted by Crippen LogP contribution is -2.53. The van der Waals surface area contributed by atoms with Crippen LogP contribution in [0.1, 0.15) is 31.4 Å². The van der Waals surface area contributed by atoms with Crippen LogP contribution in [0.4, 0.5) is 18.9 Å². The van der Waals surface area contributed by atoms with Gasteiger partial charge in [-0.25, -0.2) is 4.98 Å². The second kappa shape index (κ2) is 10.1. The van der Waals surface area contributed by atoms with Crippen molar-refractivity contribution in [3.63, 3.8) is 0 Å². The molecule has 1 atom stereocenters. The minimum atomic E-state index is -4.48. The zero-order chi connectivity index (χ0) is 24.6. The van der Waals surface area contributed by atoms with Crippen LogP contribution in [-0.4, -0.2) is 77.1 Å². The van der Waals surface area contributed by atoms with Gasteiger partial charge in [0.05, 0.1) is 17.4 Å². The van der Waals surface area contributed by atoms with Crippen molar-refractivity contribution in [3.8, 4) is 0 Å². The van der Waals surface area contributed by atoms with Gasteiger partial charge in [-0.3, -0.25) is 9.69 Å². The normalized spacial score (nSPS) is 25.3. The molecule has 3 heterocycles. The highest BCUT2D eigenvalue weighted by atomic mass is 32.2. The smallest absolute Gasteiger partial charge is 0.368 e. The molecular formula is C25H32F3N5OS. The molecule has 1 aromatic carbocycles. The Morgan fingerprint density at radius 2 is 1.77 bits per heavy atom. The SMILES string of the molecule is N[C@H](C(=O)N1CCSC1)[C@H]1CC[C@H](N2CCN(c3cc(C(F)(F)F)nc4ccccc34)CC2)CC1. The van der Waals surface area contributed by atoms with Crippen LogP contribution in [0.15, 0.2) is 30.3 Å². The van der Waals surface area contributed by atoms with Crippen molar-refractivity contribution in [2.24, 2.45) is 11.7 Å². The fourth-order valence-electron chi connectivity index (χ4n) is 5.72. The number of benzene rings is 1. The number of fused-ring (bicyclic) bond motifs is 1. The van der Waals surface area contributed by atoms with E-state index in [2.05, 4.69) is 14.8 Å². The molecule has 35 heavy (non-hydrogen) atoms. The van der Waals surface area contributed by atoms with Gasteiger partial charge in [-0.15, -0.1) is 11.8 Å². The lowest BCUT2D eigenvalue weighted by Gasteiger charge is -2.43. The van der Waals surface area contributed by atoms with Crippen LogP contribution in [0.25, 0.3) is 10.9 Å². The molecule has 2 aliphatic heterocycles. The van der Waals surface area contributed by atoms with Crippen molar-refractivity contribution in [1.29, 1.82) is 0 Å². The quantitative estimate of drug-likeness (QED) is 0.679. The van der Waals surface area contributed by atoms with E-state index in [-0.39, 0.29) is 11.8 Å². The summed E-state index contributed by atoms with van der Waals surface area (Å²) in [7, 11) is 0. The predicted molar refractivity (Wildman–Crippen MR) is 133 cm³/mol. The van der Waals surface area contributed by atoms with Gasteiger partial charge >= 0.3 is 6.18 Å². The summed E-state index contributed by atoms with van der Waals surface area (Å²) in [5.41, 5.74) is 6.50. The molecule has 3 fully saturated rings. The Labute approximate surface area is 208 Å². The van der Waals surface area contributed by atoms with Gasteiger partial charge in [0.25, 0.3) is 0 Å². The summed E-state index contributed by atoms with van der Waals surface area (Å²) in [4.78, 5) is 22.9. The van der Waals surface area contributed by atoms with E-state index in [4.69, 9.17) is 5.73 Å². The van der Waals surface area contributed by atoms with Gasteiger partial charge in [-0.1, -0.05) is 18.2 Å². The summed E-state index contributed by atoms with van der Waals surface area (Å²) >= 11 is 1.77. The molecule has 2 N–H and O–H groups in total. The van der Waals surface area contributed by atoms with E-state index in [0.29, 0.717) is 30.3 Å². The molecule has 1 aromatic heterocycles. The van der Waals surface area contributed by atoms with Crippen molar-refractivity contribution in [3.05, 3.63) is 36.0 Å². The second-order valence-electron chi connectivity index (χ2n) is 9.80. The number of thioether (sulfide) groups is 1. The second-order valence-corrected chi connectivity index (χ2v) is 10.9. The number of para-hydroxylation sites is 1. The lowest BCUT2D eigenvalue weighted by atomic mass is 9.80. The van der Waals surface area contributed by atoms with Gasteiger partial charge in [-0.05, 0) is 43.7 Å². The van der Waals surface area contributed by atoms with Crippen LogP contribution < -0.4 is 10.6 Å². The number of amides is 1. The van der Waals surface area contributed by atoms with Crippen molar-refractivity contribution in [1.82, 2.24) is 14.8 Å². The molecule has 2 aromatic rings. The van der Waals surface area contributed by atoms with Crippen LogP contribution in [0.2, 0.25) is 0 Å². The van der Waals surface area contributed by atoms with Gasteiger partial charge in [0.2, 0.25) is 5.91 Å². The largest absolute Gasteiger partial charge is 0.433 e. The molecule has 3 aliphatic rings. The molecular weight excluding hydrogens is 475 g/mol. The van der Waals surface area contributed by atoms with Crippen LogP contribution in [0, 0.1) is 5.92 Å². The van der Waals surface area contributed by atoms with Crippen LogP contribution in [0.5, 0.6) is 0 Å². The van der Waals surface area contributed by atoms with Crippen molar-refractivity contribution >= 4 is 34.3 Å². The average Bonchev–Trinajstić information content (AvgIpc) is 3.42. The minimum absolute atomic E-state index is 0.0925. The Balaban J connectivity index is 1.19. The number of hydrogen-bond donors (Lipinski definition) is 1. The van der Waals surface area contributed by atoms with Crippen molar-refractivity contribution < 1.29 is 18.0 Å². The molecule has 0 radical (unpaired) electrons. The first-order chi connectivity index (χ1) is 16.8. The van der Waals surface area contributed by atoms with Crippen LogP contribution in [0.3, 0.4) is 0 Å². The Hall–Kier alpha value is -2.04. The van der Waals surface area contributed by atoms with Crippen molar-refractivity contribution in [2.45, 2.75) is 43.9 Å². The number of pyridine rings is 1. The minimum Gasteiger partial charge on any atom is -0.368 e. The van der Waals surface area contributed by atoms with E-state index in [1.54, 1.807) is 23.9 Å². The zero-order valence-electron chi connectivity index (χ0n) is 19.7. The Bertz CT molecular complexity index is 1050. The van der Waals surface area contributed by atoms with Crippen LogP contribution in [-0.2, 0) is 11.0 Å². The van der Waals surface area contributed by atoms with Gasteiger partial charge in [-0.2, -0.15) is 13.2 Å². The molecule has 0 bridgehead atoms. The standard InChI is InChI=1S/C25H32F3N5OS/c26-25(27,28)22-15-21(19-3-1-2-4-20(19)30-22)32-11-9-31(10-12-32)18-7-5-17(6-8-18)23(29)24(34)33-13-14-35-16-33/h1-4,15,17-18,23H,5-14,16,29H2/t17-,18-,23-/m0/s1. The monoisotopic (exact) mass is 507 g/mol. The molecule has 5 rings (SSSR count). The maximum absolute atomic E-state index is 13.5. The van der Waals surface area contributed by atoms with E-state index < -0.39 is 17.9 Å². The molecule has 2 saturated heterocycles. The number of carbonyl (C=O) groups excluding carboxylic acids is 1. The van der Waals surface area contributed by atoms with Gasteiger partial charge in [0.1, 0.15) is 5.69 Å². The molecule has 190 valence electrons. The molecule has 6 nitrogen and oxygen atoms in total. The lowest BCUT2D eigenvalue weighted by molar-refractivity contribution is -0.141. The van der Waals surface area contributed by atoms with E-state index in [1.807, 2.05) is 17.0 Å². The molecule has 1 aliphatic carbocycles. The predicted octanol–water partition coefficient (Wildman–Crippen LogP) is 3.79. The first kappa shape index (κ1) is 24.6. The average molecular weight is 508 g/mol. The number of hydrogen-bond acceptors (Lipinski definition) is 6. The highest BCUT2D eigenvalue weighted by Gasteiger charge is 2.36. The third-order valence-corrected chi connectivity index (χ3v) is 8.72. The van der Waals surface area contributed by atoms with Crippen LogP contribution >= 0.6 is 11.8 Å².